The highest BCUT2D eigenvalue weighted by atomic mass is 32.2. The Labute approximate surface area is 210 Å². The largest absolute Gasteiger partial charge is 0.486 e. The van der Waals surface area contributed by atoms with Crippen LogP contribution in [0.5, 0.6) is 5.75 Å². The number of thioether (sulfide) groups is 1. The Morgan fingerprint density at radius 2 is 2.23 bits per heavy atom. The van der Waals surface area contributed by atoms with E-state index in [1.165, 1.54) is 6.42 Å². The molecule has 0 spiro atoms. The van der Waals surface area contributed by atoms with E-state index in [2.05, 4.69) is 44.5 Å². The number of carbonyl (C=O) groups excluding carboxylic acids is 1. The highest BCUT2D eigenvalue weighted by molar-refractivity contribution is 7.99. The van der Waals surface area contributed by atoms with E-state index in [9.17, 15) is 4.79 Å². The van der Waals surface area contributed by atoms with Gasteiger partial charge in [0.2, 0.25) is 5.91 Å². The molecule has 0 saturated carbocycles. The molecule has 0 radical (unpaired) electrons. The molecule has 0 fully saturated rings. The maximum atomic E-state index is 11.3. The minimum absolute atomic E-state index is 0.00401. The van der Waals surface area contributed by atoms with Crippen LogP contribution in [0.25, 0.3) is 5.69 Å². The zero-order chi connectivity index (χ0) is 24.5. The van der Waals surface area contributed by atoms with Gasteiger partial charge >= 0.3 is 0 Å². The molecule has 7 nitrogen and oxygen atoms in total. The maximum Gasteiger partial charge on any atom is 0.220 e. The SMILES string of the molecule is CCC(=O)NCC#Cc1ccc(OCc2nnc(SC3C=CCCC3)n2-c2cccnc2)cc1C. The average Bonchev–Trinajstić information content (AvgIpc) is 3.29. The van der Waals surface area contributed by atoms with Crippen molar-refractivity contribution in [2.45, 2.75) is 56.5 Å². The topological polar surface area (TPSA) is 81.9 Å². The second-order valence-corrected chi connectivity index (χ2v) is 9.36. The maximum absolute atomic E-state index is 11.3. The van der Waals surface area contributed by atoms with Crippen molar-refractivity contribution in [3.8, 4) is 23.3 Å². The molecule has 1 unspecified atom stereocenters. The monoisotopic (exact) mass is 487 g/mol. The van der Waals surface area contributed by atoms with Crippen molar-refractivity contribution in [3.63, 3.8) is 0 Å². The summed E-state index contributed by atoms with van der Waals surface area (Å²) in [6.45, 7) is 4.42. The van der Waals surface area contributed by atoms with Gasteiger partial charge in [-0.2, -0.15) is 0 Å². The highest BCUT2D eigenvalue weighted by Gasteiger charge is 2.19. The number of carbonyl (C=O) groups is 1. The van der Waals surface area contributed by atoms with E-state index in [4.69, 9.17) is 4.74 Å². The molecule has 0 aliphatic heterocycles. The molecule has 2 heterocycles. The van der Waals surface area contributed by atoms with E-state index in [1.807, 2.05) is 54.9 Å². The number of rotatable bonds is 8. The van der Waals surface area contributed by atoms with E-state index < -0.39 is 0 Å². The van der Waals surface area contributed by atoms with Gasteiger partial charge in [-0.15, -0.1) is 10.2 Å². The number of allylic oxidation sites excluding steroid dienone is 1. The Morgan fingerprint density at radius 1 is 1.31 bits per heavy atom. The lowest BCUT2D eigenvalue weighted by Gasteiger charge is -2.16. The first kappa shape index (κ1) is 24.6. The molecule has 35 heavy (non-hydrogen) atoms. The second kappa shape index (κ2) is 12.2. The molecule has 1 amide bonds. The fourth-order valence-corrected chi connectivity index (χ4v) is 4.80. The van der Waals surface area contributed by atoms with Gasteiger partial charge in [-0.3, -0.25) is 14.3 Å². The molecular formula is C27H29N5O2S. The summed E-state index contributed by atoms with van der Waals surface area (Å²) in [5.41, 5.74) is 2.82. The minimum Gasteiger partial charge on any atom is -0.486 e. The number of aryl methyl sites for hydroxylation is 1. The third-order valence-corrected chi connectivity index (χ3v) is 6.73. The van der Waals surface area contributed by atoms with Crippen molar-refractivity contribution in [2.24, 2.45) is 0 Å². The van der Waals surface area contributed by atoms with Gasteiger partial charge < -0.3 is 10.1 Å². The summed E-state index contributed by atoms with van der Waals surface area (Å²) in [5.74, 6) is 7.54. The first-order valence-corrected chi connectivity index (χ1v) is 12.7. The quantitative estimate of drug-likeness (QED) is 0.369. The summed E-state index contributed by atoms with van der Waals surface area (Å²) in [7, 11) is 0. The van der Waals surface area contributed by atoms with Gasteiger partial charge in [-0.05, 0) is 62.1 Å². The van der Waals surface area contributed by atoms with Gasteiger partial charge in [0.05, 0.1) is 18.4 Å². The van der Waals surface area contributed by atoms with Crippen molar-refractivity contribution in [2.75, 3.05) is 6.54 Å². The van der Waals surface area contributed by atoms with E-state index in [-0.39, 0.29) is 12.5 Å². The number of nitrogens with one attached hydrogen (secondary N) is 1. The molecule has 8 heteroatoms. The Hall–Kier alpha value is -3.57. The molecule has 0 saturated heterocycles. The van der Waals surface area contributed by atoms with E-state index in [0.717, 1.165) is 40.6 Å². The second-order valence-electron chi connectivity index (χ2n) is 8.16. The third-order valence-electron chi connectivity index (χ3n) is 5.56. The summed E-state index contributed by atoms with van der Waals surface area (Å²) < 4.78 is 8.12. The van der Waals surface area contributed by atoms with E-state index >= 15 is 0 Å². The Morgan fingerprint density at radius 3 is 2.97 bits per heavy atom. The van der Waals surface area contributed by atoms with Crippen LogP contribution in [0, 0.1) is 18.8 Å². The standard InChI is InChI=1S/C27H29N5O2S/c1-3-26(33)29-16-7-9-21-13-14-23(17-20(21)2)34-19-25-30-31-27(35-24-11-5-4-6-12-24)32(25)22-10-8-15-28-18-22/h5,8,10-11,13-15,17-18,24H,3-4,6,12,16,19H2,1-2H3,(H,29,33). The van der Waals surface area contributed by atoms with Crippen molar-refractivity contribution in [3.05, 3.63) is 71.8 Å². The Bertz CT molecular complexity index is 1240. The summed E-state index contributed by atoms with van der Waals surface area (Å²) in [6.07, 6.45) is 12.0. The smallest absolute Gasteiger partial charge is 0.220 e. The van der Waals surface area contributed by atoms with Crippen LogP contribution < -0.4 is 10.1 Å². The first-order valence-electron chi connectivity index (χ1n) is 11.8. The molecule has 180 valence electrons. The van der Waals surface area contributed by atoms with Gasteiger partial charge in [-0.1, -0.05) is 42.7 Å². The Balaban J connectivity index is 1.47. The summed E-state index contributed by atoms with van der Waals surface area (Å²) in [6, 6.07) is 9.70. The van der Waals surface area contributed by atoms with E-state index in [1.54, 1.807) is 18.0 Å². The molecule has 1 aromatic carbocycles. The number of hydrogen-bond donors (Lipinski definition) is 1. The lowest BCUT2D eigenvalue weighted by atomic mass is 10.1. The zero-order valence-electron chi connectivity index (χ0n) is 20.0. The molecule has 1 N–H and O–H groups in total. The van der Waals surface area contributed by atoms with Crippen LogP contribution in [0.4, 0.5) is 0 Å². The number of hydrogen-bond acceptors (Lipinski definition) is 6. The van der Waals surface area contributed by atoms with Crippen LogP contribution >= 0.6 is 11.8 Å². The molecule has 4 rings (SSSR count). The number of nitrogens with zero attached hydrogens (tertiary/aromatic N) is 4. The molecular weight excluding hydrogens is 458 g/mol. The molecule has 1 aliphatic carbocycles. The number of benzene rings is 1. The van der Waals surface area contributed by atoms with Crippen LogP contribution in [-0.4, -0.2) is 37.5 Å². The molecule has 1 aliphatic rings. The van der Waals surface area contributed by atoms with Gasteiger partial charge in [0.15, 0.2) is 11.0 Å². The van der Waals surface area contributed by atoms with Crippen molar-refractivity contribution in [1.82, 2.24) is 25.1 Å². The number of amides is 1. The predicted octanol–water partition coefficient (Wildman–Crippen LogP) is 4.63. The van der Waals surface area contributed by atoms with Crippen LogP contribution in [0.3, 0.4) is 0 Å². The van der Waals surface area contributed by atoms with Crippen LogP contribution in [0.15, 0.2) is 60.0 Å². The molecule has 3 aromatic rings. The highest BCUT2D eigenvalue weighted by Crippen LogP contribution is 2.31. The van der Waals surface area contributed by atoms with Gasteiger partial charge in [0, 0.05) is 23.4 Å². The van der Waals surface area contributed by atoms with Crippen LogP contribution in [-0.2, 0) is 11.4 Å². The van der Waals surface area contributed by atoms with Crippen LogP contribution in [0.1, 0.15) is 49.6 Å². The van der Waals surface area contributed by atoms with Gasteiger partial charge in [0.1, 0.15) is 12.4 Å². The summed E-state index contributed by atoms with van der Waals surface area (Å²) in [4.78, 5) is 15.6. The fourth-order valence-electron chi connectivity index (χ4n) is 3.65. The number of ether oxygens (including phenoxy) is 1. The van der Waals surface area contributed by atoms with Crippen molar-refractivity contribution < 1.29 is 9.53 Å². The van der Waals surface area contributed by atoms with Gasteiger partial charge in [-0.25, -0.2) is 0 Å². The van der Waals surface area contributed by atoms with E-state index in [0.29, 0.717) is 24.0 Å². The zero-order valence-corrected chi connectivity index (χ0v) is 20.8. The normalized spacial score (nSPS) is 14.7. The van der Waals surface area contributed by atoms with Crippen molar-refractivity contribution in [1.29, 1.82) is 0 Å². The van der Waals surface area contributed by atoms with Gasteiger partial charge in [0.25, 0.3) is 0 Å². The lowest BCUT2D eigenvalue weighted by molar-refractivity contribution is -0.120. The molecule has 2 aromatic heterocycles. The minimum atomic E-state index is -0.00401. The Kier molecular flexibility index (Phi) is 8.58. The predicted molar refractivity (Wildman–Crippen MR) is 137 cm³/mol. The fraction of sp³-hybridized carbons (Fsp3) is 0.333. The number of pyridine rings is 1. The molecule has 0 bridgehead atoms. The van der Waals surface area contributed by atoms with Crippen LogP contribution in [0.2, 0.25) is 0 Å². The average molecular weight is 488 g/mol. The summed E-state index contributed by atoms with van der Waals surface area (Å²) in [5, 5.41) is 12.9. The third kappa shape index (κ3) is 6.74. The van der Waals surface area contributed by atoms with Crippen molar-refractivity contribution >= 4 is 17.7 Å². The summed E-state index contributed by atoms with van der Waals surface area (Å²) >= 11 is 1.72. The first-order chi connectivity index (χ1) is 17.1. The number of aromatic nitrogens is 4. The lowest BCUT2D eigenvalue weighted by Crippen LogP contribution is -2.22. The molecule has 1 atom stereocenters.